The van der Waals surface area contributed by atoms with Gasteiger partial charge in [-0.1, -0.05) is 86.7 Å². The van der Waals surface area contributed by atoms with Crippen LogP contribution < -0.4 is 10.6 Å². The molecule has 0 radical (unpaired) electrons. The minimum absolute atomic E-state index is 0.204. The van der Waals surface area contributed by atoms with Crippen LogP contribution in [0.3, 0.4) is 0 Å². The highest BCUT2D eigenvalue weighted by atomic mass is 31.1. The van der Waals surface area contributed by atoms with Crippen LogP contribution in [0.5, 0.6) is 0 Å². The molecule has 1 fully saturated rings. The Kier molecular flexibility index (Phi) is 4.85. The summed E-state index contributed by atoms with van der Waals surface area (Å²) in [4.78, 5) is 0. The van der Waals surface area contributed by atoms with Crippen molar-refractivity contribution in [3.8, 4) is 0 Å². The molecule has 0 N–H and O–H groups in total. The van der Waals surface area contributed by atoms with Crippen molar-refractivity contribution in [2.75, 3.05) is 0 Å². The molecule has 1 aliphatic rings. The summed E-state index contributed by atoms with van der Waals surface area (Å²) in [6, 6.07) is 22.5. The van der Waals surface area contributed by atoms with Gasteiger partial charge in [0.2, 0.25) is 0 Å². The van der Waals surface area contributed by atoms with Gasteiger partial charge in [-0.3, -0.25) is 0 Å². The summed E-state index contributed by atoms with van der Waals surface area (Å²) in [5, 5.41) is 3.12. The standard InChI is InChI=1S/C20H27PSi/c1-22(2,3)20-15-14-19(16-20)21(17-10-6-4-7-11-17)18-12-8-5-9-13-18/h4-13,19-20H,14-16H2,1-3H3. The molecule has 2 aromatic carbocycles. The predicted molar refractivity (Wildman–Crippen MR) is 104 cm³/mol. The summed E-state index contributed by atoms with van der Waals surface area (Å²) in [7, 11) is -1.21. The molecule has 2 aromatic rings. The zero-order chi connectivity index (χ0) is 15.6. The molecule has 0 heterocycles. The summed E-state index contributed by atoms with van der Waals surface area (Å²) in [6.07, 6.45) is 4.33. The molecule has 1 saturated carbocycles. The molecule has 0 nitrogen and oxygen atoms in total. The van der Waals surface area contributed by atoms with Crippen LogP contribution in [0, 0.1) is 0 Å². The maximum absolute atomic E-state index is 2.55. The summed E-state index contributed by atoms with van der Waals surface area (Å²) in [6.45, 7) is 7.65. The Labute approximate surface area is 137 Å². The third kappa shape index (κ3) is 3.53. The van der Waals surface area contributed by atoms with Crippen LogP contribution >= 0.6 is 7.92 Å². The number of rotatable bonds is 4. The summed E-state index contributed by atoms with van der Waals surface area (Å²) < 4.78 is 0. The second kappa shape index (κ2) is 6.68. The van der Waals surface area contributed by atoms with E-state index < -0.39 is 8.07 Å². The number of hydrogen-bond acceptors (Lipinski definition) is 0. The van der Waals surface area contributed by atoms with E-state index in [9.17, 15) is 0 Å². The lowest BCUT2D eigenvalue weighted by atomic mass is 10.3. The summed E-state index contributed by atoms with van der Waals surface area (Å²) in [5.41, 5.74) is 1.88. The fraction of sp³-hybridized carbons (Fsp3) is 0.400. The van der Waals surface area contributed by atoms with Crippen LogP contribution in [0.2, 0.25) is 25.2 Å². The molecule has 22 heavy (non-hydrogen) atoms. The van der Waals surface area contributed by atoms with E-state index in [-0.39, 0.29) is 7.92 Å². The third-order valence-corrected chi connectivity index (χ3v) is 10.9. The minimum atomic E-state index is -1.00. The molecule has 1 aliphatic carbocycles. The van der Waals surface area contributed by atoms with Gasteiger partial charge in [-0.15, -0.1) is 0 Å². The van der Waals surface area contributed by atoms with E-state index in [1.165, 1.54) is 19.3 Å². The van der Waals surface area contributed by atoms with Crippen molar-refractivity contribution in [3.05, 3.63) is 60.7 Å². The van der Waals surface area contributed by atoms with Crippen LogP contribution in [-0.2, 0) is 0 Å². The first-order valence-electron chi connectivity index (χ1n) is 8.45. The Bertz CT molecular complexity index is 549. The fourth-order valence-electron chi connectivity index (χ4n) is 3.73. The average molecular weight is 326 g/mol. The molecule has 0 aromatic heterocycles. The van der Waals surface area contributed by atoms with E-state index in [0.29, 0.717) is 0 Å². The van der Waals surface area contributed by atoms with Gasteiger partial charge in [-0.25, -0.2) is 0 Å². The molecular formula is C20H27PSi. The quantitative estimate of drug-likeness (QED) is 0.523. The van der Waals surface area contributed by atoms with Crippen LogP contribution in [0.1, 0.15) is 19.3 Å². The van der Waals surface area contributed by atoms with Gasteiger partial charge in [0.1, 0.15) is 0 Å². The fourth-order valence-corrected chi connectivity index (χ4v) is 8.95. The largest absolute Gasteiger partial charge is 0.0693 e. The molecule has 2 heteroatoms. The van der Waals surface area contributed by atoms with E-state index in [0.717, 1.165) is 11.2 Å². The van der Waals surface area contributed by atoms with Crippen LogP contribution in [0.15, 0.2) is 60.7 Å². The molecular weight excluding hydrogens is 299 g/mol. The lowest BCUT2D eigenvalue weighted by molar-refractivity contribution is 0.840. The third-order valence-electron chi connectivity index (χ3n) is 5.06. The van der Waals surface area contributed by atoms with Crippen LogP contribution in [0.25, 0.3) is 0 Å². The Balaban J connectivity index is 1.91. The van der Waals surface area contributed by atoms with Crippen molar-refractivity contribution >= 4 is 26.6 Å². The van der Waals surface area contributed by atoms with Crippen molar-refractivity contribution in [3.63, 3.8) is 0 Å². The van der Waals surface area contributed by atoms with E-state index >= 15 is 0 Å². The molecule has 0 saturated heterocycles. The Morgan fingerprint density at radius 3 is 1.68 bits per heavy atom. The second-order valence-electron chi connectivity index (χ2n) is 7.57. The first kappa shape index (κ1) is 16.0. The Hall–Kier alpha value is -0.913. The molecule has 0 bridgehead atoms. The topological polar surface area (TPSA) is 0 Å². The smallest absolute Gasteiger partial charge is 0.0474 e. The lowest BCUT2D eigenvalue weighted by Crippen LogP contribution is -2.27. The normalized spacial score (nSPS) is 22.2. The lowest BCUT2D eigenvalue weighted by Gasteiger charge is -2.28. The summed E-state index contributed by atoms with van der Waals surface area (Å²) >= 11 is 0. The van der Waals surface area contributed by atoms with Gasteiger partial charge in [0.25, 0.3) is 0 Å². The molecule has 0 spiro atoms. The Morgan fingerprint density at radius 2 is 1.27 bits per heavy atom. The van der Waals surface area contributed by atoms with Gasteiger partial charge in [-0.2, -0.15) is 0 Å². The average Bonchev–Trinajstić information content (AvgIpc) is 2.99. The predicted octanol–water partition coefficient (Wildman–Crippen LogP) is 5.38. The zero-order valence-electron chi connectivity index (χ0n) is 14.0. The van der Waals surface area contributed by atoms with Gasteiger partial charge < -0.3 is 0 Å². The van der Waals surface area contributed by atoms with Gasteiger partial charge in [-0.05, 0) is 42.6 Å². The SMILES string of the molecule is C[Si](C)(C)C1CCC(P(c2ccccc2)c2ccccc2)C1. The maximum atomic E-state index is 2.55. The Morgan fingerprint density at radius 1 is 0.773 bits per heavy atom. The maximum Gasteiger partial charge on any atom is 0.0474 e. The second-order valence-corrected chi connectivity index (χ2v) is 15.6. The summed E-state index contributed by atoms with van der Waals surface area (Å²) in [5.74, 6) is 0. The molecule has 2 atom stereocenters. The van der Waals surface area contributed by atoms with E-state index in [1.807, 2.05) is 0 Å². The molecule has 116 valence electrons. The highest BCUT2D eigenvalue weighted by Gasteiger charge is 2.38. The zero-order valence-corrected chi connectivity index (χ0v) is 15.9. The van der Waals surface area contributed by atoms with E-state index in [2.05, 4.69) is 80.3 Å². The van der Waals surface area contributed by atoms with Crippen molar-refractivity contribution in [2.24, 2.45) is 0 Å². The number of benzene rings is 2. The van der Waals surface area contributed by atoms with Crippen LogP contribution in [-0.4, -0.2) is 13.7 Å². The van der Waals surface area contributed by atoms with Crippen molar-refractivity contribution < 1.29 is 0 Å². The van der Waals surface area contributed by atoms with Crippen LogP contribution in [0.4, 0.5) is 0 Å². The molecule has 3 rings (SSSR count). The van der Waals surface area contributed by atoms with E-state index in [1.54, 1.807) is 10.6 Å². The highest BCUT2D eigenvalue weighted by Crippen LogP contribution is 2.52. The van der Waals surface area contributed by atoms with Crippen molar-refractivity contribution in [1.29, 1.82) is 0 Å². The first-order valence-corrected chi connectivity index (χ1v) is 13.4. The van der Waals surface area contributed by atoms with Gasteiger partial charge >= 0.3 is 0 Å². The van der Waals surface area contributed by atoms with Crippen molar-refractivity contribution in [2.45, 2.75) is 50.1 Å². The molecule has 2 unspecified atom stereocenters. The molecule has 0 amide bonds. The minimum Gasteiger partial charge on any atom is -0.0693 e. The van der Waals surface area contributed by atoms with Crippen molar-refractivity contribution in [1.82, 2.24) is 0 Å². The van der Waals surface area contributed by atoms with Gasteiger partial charge in [0.15, 0.2) is 0 Å². The van der Waals surface area contributed by atoms with E-state index in [4.69, 9.17) is 0 Å². The monoisotopic (exact) mass is 326 g/mol. The number of hydrogen-bond donors (Lipinski definition) is 0. The first-order chi connectivity index (χ1) is 10.6. The molecule has 0 aliphatic heterocycles. The highest BCUT2D eigenvalue weighted by molar-refractivity contribution is 7.73. The van der Waals surface area contributed by atoms with Gasteiger partial charge in [0.05, 0.1) is 0 Å². The van der Waals surface area contributed by atoms with Gasteiger partial charge in [0, 0.05) is 8.07 Å².